The number of methoxy groups -OCH3 is 1. The van der Waals surface area contributed by atoms with E-state index in [-0.39, 0.29) is 24.7 Å². The Balaban J connectivity index is 0.000000480. The molecule has 3 heterocycles. The summed E-state index contributed by atoms with van der Waals surface area (Å²) in [4.78, 5) is 53.2. The standard InChI is InChI=1S/C8H10O.C5H7NO3.C5H5NO3.C4H7NS2.C3H6O2S/c1-7-3-5-8(9-2)6-4-7;2*1-9-6-4(7)2-3-5(6)8;1-5-2-3-7-4(5)6;1-3-6(2,4)5/h3-6H,1-2H3;2-3H2,1H3;2-3H,1H3;2-3H2,1H3;3H,1H2,2H3. The lowest BCUT2D eigenvalue weighted by atomic mass is 10.2. The molecule has 40 heavy (non-hydrogen) atoms. The number of aryl methyl sites for hydroxylation is 1. The summed E-state index contributed by atoms with van der Waals surface area (Å²) in [6.07, 6.45) is 3.98. The average Bonchev–Trinajstić information content (AvgIpc) is 3.57. The van der Waals surface area contributed by atoms with E-state index in [1.165, 1.54) is 25.5 Å². The van der Waals surface area contributed by atoms with Crippen molar-refractivity contribution in [1.29, 1.82) is 0 Å². The number of thioether (sulfide) groups is 1. The summed E-state index contributed by atoms with van der Waals surface area (Å²) in [6, 6.07) is 7.96. The second-order valence-corrected chi connectivity index (χ2v) is 11.5. The minimum atomic E-state index is -2.90. The number of hydrogen-bond acceptors (Lipinski definition) is 11. The summed E-state index contributed by atoms with van der Waals surface area (Å²) in [5, 5.41) is 2.38. The number of ether oxygens (including phenoxy) is 1. The van der Waals surface area contributed by atoms with E-state index >= 15 is 0 Å². The van der Waals surface area contributed by atoms with Gasteiger partial charge in [0, 0.05) is 56.0 Å². The van der Waals surface area contributed by atoms with Gasteiger partial charge < -0.3 is 9.64 Å². The lowest BCUT2D eigenvalue weighted by Gasteiger charge is -2.07. The molecule has 2 saturated heterocycles. The Kier molecular flexibility index (Phi) is 17.6. The van der Waals surface area contributed by atoms with Gasteiger partial charge in [0.25, 0.3) is 23.6 Å². The number of thiocarbonyl (C=S) groups is 1. The number of rotatable bonds is 4. The minimum Gasteiger partial charge on any atom is -0.497 e. The van der Waals surface area contributed by atoms with Crippen molar-refractivity contribution >= 4 is 61.8 Å². The highest BCUT2D eigenvalue weighted by Crippen LogP contribution is 2.14. The Bertz CT molecular complexity index is 1120. The molecule has 0 saturated carbocycles. The van der Waals surface area contributed by atoms with Crippen molar-refractivity contribution in [3.8, 4) is 5.75 Å². The van der Waals surface area contributed by atoms with Crippen molar-refractivity contribution in [2.75, 3.05) is 46.9 Å². The molecule has 4 amide bonds. The fourth-order valence-corrected chi connectivity index (χ4v) is 3.66. The molecule has 1 aromatic rings. The van der Waals surface area contributed by atoms with Crippen molar-refractivity contribution in [3.63, 3.8) is 0 Å². The number of carbonyl (C=O) groups is 4. The molecule has 0 unspecified atom stereocenters. The first-order chi connectivity index (χ1) is 18.7. The molecular weight excluding hydrogens is 582 g/mol. The van der Waals surface area contributed by atoms with Crippen molar-refractivity contribution in [3.05, 3.63) is 54.0 Å². The number of hydrogen-bond donors (Lipinski definition) is 0. The molecule has 2 fully saturated rings. The molecule has 0 N–H and O–H groups in total. The Hall–Kier alpha value is -3.11. The quantitative estimate of drug-likeness (QED) is 0.362. The predicted octanol–water partition coefficient (Wildman–Crippen LogP) is 2.30. The van der Waals surface area contributed by atoms with Crippen molar-refractivity contribution in [2.24, 2.45) is 0 Å². The van der Waals surface area contributed by atoms with Gasteiger partial charge in [-0.15, -0.1) is 5.06 Å². The number of carbonyl (C=O) groups excluding carboxylic acids is 4. The molecular formula is C25H35N3O9S3. The zero-order valence-electron chi connectivity index (χ0n) is 23.3. The summed E-state index contributed by atoms with van der Waals surface area (Å²) < 4.78 is 25.8. The van der Waals surface area contributed by atoms with Gasteiger partial charge in [-0.2, -0.15) is 5.06 Å². The summed E-state index contributed by atoms with van der Waals surface area (Å²) >= 11 is 6.69. The lowest BCUT2D eigenvalue weighted by molar-refractivity contribution is -0.179. The molecule has 0 aliphatic carbocycles. The van der Waals surface area contributed by atoms with E-state index in [0.717, 1.165) is 45.5 Å². The highest BCUT2D eigenvalue weighted by Gasteiger charge is 2.28. The fraction of sp³-hybridized carbons (Fsp3) is 0.400. The van der Waals surface area contributed by atoms with E-state index in [0.29, 0.717) is 5.06 Å². The normalized spacial score (nSPS) is 15.8. The molecule has 0 aromatic heterocycles. The van der Waals surface area contributed by atoms with Crippen LogP contribution in [0.4, 0.5) is 0 Å². The molecule has 12 nitrogen and oxygen atoms in total. The van der Waals surface area contributed by atoms with Crippen molar-refractivity contribution in [1.82, 2.24) is 15.0 Å². The highest BCUT2D eigenvalue weighted by atomic mass is 32.2. The van der Waals surface area contributed by atoms with Crippen molar-refractivity contribution < 1.29 is 42.0 Å². The van der Waals surface area contributed by atoms with Crippen LogP contribution in [-0.2, 0) is 38.7 Å². The summed E-state index contributed by atoms with van der Waals surface area (Å²) in [5.74, 6) is 0.741. The molecule has 0 bridgehead atoms. The van der Waals surface area contributed by atoms with Gasteiger partial charge in [0.15, 0.2) is 9.84 Å². The Morgan fingerprint density at radius 3 is 1.60 bits per heavy atom. The van der Waals surface area contributed by atoms with Crippen molar-refractivity contribution in [2.45, 2.75) is 19.8 Å². The third kappa shape index (κ3) is 14.9. The van der Waals surface area contributed by atoms with E-state index in [4.69, 9.17) is 17.0 Å². The van der Waals surface area contributed by atoms with Gasteiger partial charge in [0.2, 0.25) is 0 Å². The van der Waals surface area contributed by atoms with Gasteiger partial charge in [-0.1, -0.05) is 48.3 Å². The highest BCUT2D eigenvalue weighted by molar-refractivity contribution is 8.23. The summed E-state index contributed by atoms with van der Waals surface area (Å²) in [5.41, 5.74) is 1.26. The molecule has 0 atom stereocenters. The number of hydroxylamine groups is 4. The Morgan fingerprint density at radius 2 is 1.38 bits per heavy atom. The maximum atomic E-state index is 10.6. The Morgan fingerprint density at radius 1 is 0.925 bits per heavy atom. The van der Waals surface area contributed by atoms with Gasteiger partial charge >= 0.3 is 0 Å². The summed E-state index contributed by atoms with van der Waals surface area (Å²) in [6.45, 7) is 6.23. The molecule has 4 rings (SSSR count). The zero-order chi connectivity index (χ0) is 30.9. The minimum absolute atomic E-state index is 0.248. The molecule has 15 heteroatoms. The molecule has 3 aliphatic heterocycles. The van der Waals surface area contributed by atoms with Crippen LogP contribution in [0.25, 0.3) is 0 Å². The van der Waals surface area contributed by atoms with Crippen LogP contribution in [0.3, 0.4) is 0 Å². The molecule has 0 spiro atoms. The van der Waals surface area contributed by atoms with Crippen LogP contribution in [-0.4, -0.2) is 98.3 Å². The number of benzene rings is 1. The van der Waals surface area contributed by atoms with E-state index in [2.05, 4.69) is 28.1 Å². The maximum absolute atomic E-state index is 10.6. The van der Waals surface area contributed by atoms with Crippen LogP contribution in [0.5, 0.6) is 5.75 Å². The zero-order valence-corrected chi connectivity index (χ0v) is 25.8. The second-order valence-electron chi connectivity index (χ2n) is 7.80. The number of sulfone groups is 1. The van der Waals surface area contributed by atoms with Crippen LogP contribution < -0.4 is 4.74 Å². The first-order valence-corrected chi connectivity index (χ1v) is 14.9. The summed E-state index contributed by atoms with van der Waals surface area (Å²) in [7, 11) is 3.38. The van der Waals surface area contributed by atoms with Gasteiger partial charge in [-0.05, 0) is 19.1 Å². The third-order valence-corrected chi connectivity index (χ3v) is 6.88. The average molecular weight is 618 g/mol. The first kappa shape index (κ1) is 36.9. The monoisotopic (exact) mass is 617 g/mol. The van der Waals surface area contributed by atoms with Crippen LogP contribution in [0.15, 0.2) is 48.4 Å². The van der Waals surface area contributed by atoms with Crippen LogP contribution in [0.1, 0.15) is 18.4 Å². The first-order valence-electron chi connectivity index (χ1n) is 11.5. The smallest absolute Gasteiger partial charge is 0.277 e. The van der Waals surface area contributed by atoms with E-state index in [1.54, 1.807) is 18.9 Å². The number of imide groups is 2. The number of amides is 4. The van der Waals surface area contributed by atoms with E-state index < -0.39 is 21.7 Å². The van der Waals surface area contributed by atoms with Gasteiger partial charge in [-0.25, -0.2) is 8.42 Å². The predicted molar refractivity (Wildman–Crippen MR) is 157 cm³/mol. The van der Waals surface area contributed by atoms with E-state index in [9.17, 15) is 27.6 Å². The second kappa shape index (κ2) is 19.0. The molecule has 3 aliphatic rings. The molecule has 1 aromatic carbocycles. The molecule has 222 valence electrons. The SMILES string of the molecule is C=CS(C)(=O)=O.CN1CCSC1=S.CON1C(=O)C=CC1=O.CON1C(=O)CCC1=O.COc1ccc(C)cc1. The van der Waals surface area contributed by atoms with Gasteiger partial charge in [-0.3, -0.25) is 28.9 Å². The van der Waals surface area contributed by atoms with Crippen LogP contribution in [0.2, 0.25) is 0 Å². The molecule has 0 radical (unpaired) electrons. The maximum Gasteiger partial charge on any atom is 0.277 e. The lowest BCUT2D eigenvalue weighted by Crippen LogP contribution is -2.28. The Labute approximate surface area is 244 Å². The largest absolute Gasteiger partial charge is 0.497 e. The van der Waals surface area contributed by atoms with Crippen LogP contribution in [0, 0.1) is 6.92 Å². The van der Waals surface area contributed by atoms with E-state index in [1.807, 2.05) is 31.3 Å². The topological polar surface area (TPSA) is 140 Å². The van der Waals surface area contributed by atoms with Gasteiger partial charge in [0.1, 0.15) is 10.1 Å². The number of nitrogens with zero attached hydrogens (tertiary/aromatic N) is 3. The van der Waals surface area contributed by atoms with Gasteiger partial charge in [0.05, 0.1) is 21.3 Å². The fourth-order valence-electron chi connectivity index (χ4n) is 2.47. The third-order valence-electron chi connectivity index (χ3n) is 4.66. The van der Waals surface area contributed by atoms with Crippen LogP contribution >= 0.6 is 24.0 Å².